The summed E-state index contributed by atoms with van der Waals surface area (Å²) in [6.45, 7) is 0. The summed E-state index contributed by atoms with van der Waals surface area (Å²) in [5.74, 6) is 0. The van der Waals surface area contributed by atoms with Gasteiger partial charge >= 0.3 is 0 Å². The first-order chi connectivity index (χ1) is 7.29. The lowest BCUT2D eigenvalue weighted by Crippen LogP contribution is -1.85. The second-order valence-electron chi connectivity index (χ2n) is 3.10. The van der Waals surface area contributed by atoms with Crippen LogP contribution in [0.1, 0.15) is 10.4 Å². The molecule has 0 atom stereocenters. The number of hydrogen-bond acceptors (Lipinski definition) is 2. The molecular formula is C12H8ClNO. The average molecular weight is 218 g/mol. The fourth-order valence-electron chi connectivity index (χ4n) is 1.32. The SMILES string of the molecule is O=Cc1cccc(-c2ccc(Cl)cn2)c1. The van der Waals surface area contributed by atoms with Gasteiger partial charge < -0.3 is 0 Å². The van der Waals surface area contributed by atoms with Crippen LogP contribution in [0.4, 0.5) is 0 Å². The molecule has 2 rings (SSSR count). The molecule has 0 unspecified atom stereocenters. The molecule has 0 aliphatic rings. The van der Waals surface area contributed by atoms with E-state index < -0.39 is 0 Å². The number of pyridine rings is 1. The minimum atomic E-state index is 0.602. The quantitative estimate of drug-likeness (QED) is 0.723. The minimum Gasteiger partial charge on any atom is -0.298 e. The lowest BCUT2D eigenvalue weighted by molar-refractivity contribution is 0.112. The first kappa shape index (κ1) is 9.87. The van der Waals surface area contributed by atoms with Crippen LogP contribution in [0, 0.1) is 0 Å². The molecule has 0 spiro atoms. The highest BCUT2D eigenvalue weighted by Gasteiger charge is 1.99. The van der Waals surface area contributed by atoms with E-state index in [0.29, 0.717) is 10.6 Å². The summed E-state index contributed by atoms with van der Waals surface area (Å²) >= 11 is 5.74. The first-order valence-corrected chi connectivity index (χ1v) is 4.84. The van der Waals surface area contributed by atoms with Crippen molar-refractivity contribution in [3.63, 3.8) is 0 Å². The highest BCUT2D eigenvalue weighted by Crippen LogP contribution is 2.19. The van der Waals surface area contributed by atoms with Crippen LogP contribution in [-0.4, -0.2) is 11.3 Å². The van der Waals surface area contributed by atoms with Crippen LogP contribution >= 0.6 is 11.6 Å². The summed E-state index contributed by atoms with van der Waals surface area (Å²) in [7, 11) is 0. The van der Waals surface area contributed by atoms with Gasteiger partial charge in [-0.15, -0.1) is 0 Å². The van der Waals surface area contributed by atoms with E-state index in [9.17, 15) is 4.79 Å². The molecule has 2 nitrogen and oxygen atoms in total. The van der Waals surface area contributed by atoms with Gasteiger partial charge in [0.2, 0.25) is 0 Å². The van der Waals surface area contributed by atoms with Crippen molar-refractivity contribution in [2.24, 2.45) is 0 Å². The van der Waals surface area contributed by atoms with Crippen LogP contribution in [0.15, 0.2) is 42.6 Å². The van der Waals surface area contributed by atoms with E-state index in [2.05, 4.69) is 4.98 Å². The van der Waals surface area contributed by atoms with Gasteiger partial charge in [0.25, 0.3) is 0 Å². The van der Waals surface area contributed by atoms with Crippen molar-refractivity contribution in [1.82, 2.24) is 4.98 Å². The Kier molecular flexibility index (Phi) is 2.79. The fourth-order valence-corrected chi connectivity index (χ4v) is 1.43. The lowest BCUT2D eigenvalue weighted by Gasteiger charge is -2.00. The molecule has 15 heavy (non-hydrogen) atoms. The molecule has 0 N–H and O–H groups in total. The van der Waals surface area contributed by atoms with Crippen molar-refractivity contribution < 1.29 is 4.79 Å². The average Bonchev–Trinajstić information content (AvgIpc) is 2.30. The molecular weight excluding hydrogens is 210 g/mol. The third-order valence-electron chi connectivity index (χ3n) is 2.05. The molecule has 74 valence electrons. The molecule has 0 saturated heterocycles. The van der Waals surface area contributed by atoms with Crippen LogP contribution in [0.5, 0.6) is 0 Å². The normalized spacial score (nSPS) is 9.93. The van der Waals surface area contributed by atoms with E-state index in [0.717, 1.165) is 17.5 Å². The zero-order valence-electron chi connectivity index (χ0n) is 7.85. The predicted molar refractivity (Wildman–Crippen MR) is 60.1 cm³/mol. The Morgan fingerprint density at radius 2 is 2.07 bits per heavy atom. The highest BCUT2D eigenvalue weighted by molar-refractivity contribution is 6.30. The second-order valence-corrected chi connectivity index (χ2v) is 3.54. The van der Waals surface area contributed by atoms with Gasteiger partial charge in [-0.3, -0.25) is 9.78 Å². The molecule has 1 aromatic heterocycles. The van der Waals surface area contributed by atoms with E-state index in [-0.39, 0.29) is 0 Å². The number of benzene rings is 1. The van der Waals surface area contributed by atoms with Gasteiger partial charge in [-0.1, -0.05) is 29.8 Å². The Hall–Kier alpha value is -1.67. The fraction of sp³-hybridized carbons (Fsp3) is 0. The number of rotatable bonds is 2. The molecule has 0 saturated carbocycles. The maximum absolute atomic E-state index is 10.6. The van der Waals surface area contributed by atoms with Crippen LogP contribution in [0.3, 0.4) is 0 Å². The first-order valence-electron chi connectivity index (χ1n) is 4.47. The molecule has 0 aliphatic heterocycles. The van der Waals surface area contributed by atoms with Gasteiger partial charge in [0.05, 0.1) is 10.7 Å². The maximum atomic E-state index is 10.6. The topological polar surface area (TPSA) is 30.0 Å². The molecule has 2 aromatic rings. The standard InChI is InChI=1S/C12H8ClNO/c13-11-4-5-12(14-7-11)10-3-1-2-9(6-10)8-15/h1-8H. The molecule has 3 heteroatoms. The van der Waals surface area contributed by atoms with Crippen LogP contribution < -0.4 is 0 Å². The minimum absolute atomic E-state index is 0.602. The molecule has 0 bridgehead atoms. The van der Waals surface area contributed by atoms with E-state index in [4.69, 9.17) is 11.6 Å². The van der Waals surface area contributed by atoms with E-state index in [1.807, 2.05) is 18.2 Å². The Morgan fingerprint density at radius 1 is 1.20 bits per heavy atom. The number of nitrogens with zero attached hydrogens (tertiary/aromatic N) is 1. The summed E-state index contributed by atoms with van der Waals surface area (Å²) in [6, 6.07) is 10.9. The molecule has 0 radical (unpaired) electrons. The zero-order chi connectivity index (χ0) is 10.7. The number of carbonyl (C=O) groups is 1. The Bertz CT molecular complexity index is 479. The third-order valence-corrected chi connectivity index (χ3v) is 2.27. The summed E-state index contributed by atoms with van der Waals surface area (Å²) in [4.78, 5) is 14.8. The van der Waals surface area contributed by atoms with Crippen molar-refractivity contribution in [2.75, 3.05) is 0 Å². The summed E-state index contributed by atoms with van der Waals surface area (Å²) in [6.07, 6.45) is 2.41. The van der Waals surface area contributed by atoms with Crippen molar-refractivity contribution >= 4 is 17.9 Å². The summed E-state index contributed by atoms with van der Waals surface area (Å²) in [5, 5.41) is 0.602. The largest absolute Gasteiger partial charge is 0.298 e. The summed E-state index contributed by atoms with van der Waals surface area (Å²) in [5.41, 5.74) is 2.36. The Balaban J connectivity index is 2.44. The van der Waals surface area contributed by atoms with Crippen molar-refractivity contribution in [2.45, 2.75) is 0 Å². The molecule has 1 aromatic carbocycles. The Labute approximate surface area is 92.5 Å². The third kappa shape index (κ3) is 2.22. The maximum Gasteiger partial charge on any atom is 0.150 e. The number of hydrogen-bond donors (Lipinski definition) is 0. The van der Waals surface area contributed by atoms with Crippen molar-refractivity contribution in [3.8, 4) is 11.3 Å². The smallest absolute Gasteiger partial charge is 0.150 e. The van der Waals surface area contributed by atoms with E-state index >= 15 is 0 Å². The zero-order valence-corrected chi connectivity index (χ0v) is 8.61. The second kappa shape index (κ2) is 4.24. The van der Waals surface area contributed by atoms with Gasteiger partial charge in [-0.25, -0.2) is 0 Å². The van der Waals surface area contributed by atoms with E-state index in [1.165, 1.54) is 0 Å². The number of carbonyl (C=O) groups excluding carboxylic acids is 1. The molecule has 0 aliphatic carbocycles. The number of halogens is 1. The summed E-state index contributed by atoms with van der Waals surface area (Å²) < 4.78 is 0. The number of aromatic nitrogens is 1. The van der Waals surface area contributed by atoms with Gasteiger partial charge in [0.1, 0.15) is 6.29 Å². The molecule has 1 heterocycles. The predicted octanol–water partition coefficient (Wildman–Crippen LogP) is 3.21. The van der Waals surface area contributed by atoms with Gasteiger partial charge in [0, 0.05) is 17.3 Å². The molecule has 0 amide bonds. The van der Waals surface area contributed by atoms with E-state index in [1.54, 1.807) is 24.4 Å². The lowest BCUT2D eigenvalue weighted by atomic mass is 10.1. The van der Waals surface area contributed by atoms with Gasteiger partial charge in [-0.05, 0) is 18.2 Å². The van der Waals surface area contributed by atoms with Gasteiger partial charge in [0.15, 0.2) is 0 Å². The van der Waals surface area contributed by atoms with Gasteiger partial charge in [-0.2, -0.15) is 0 Å². The number of aldehydes is 1. The Morgan fingerprint density at radius 3 is 2.73 bits per heavy atom. The van der Waals surface area contributed by atoms with Crippen LogP contribution in [0.25, 0.3) is 11.3 Å². The van der Waals surface area contributed by atoms with Crippen molar-refractivity contribution in [3.05, 3.63) is 53.2 Å². The molecule has 0 fully saturated rings. The van der Waals surface area contributed by atoms with Crippen LogP contribution in [-0.2, 0) is 0 Å². The van der Waals surface area contributed by atoms with Crippen molar-refractivity contribution in [1.29, 1.82) is 0 Å². The highest BCUT2D eigenvalue weighted by atomic mass is 35.5. The monoisotopic (exact) mass is 217 g/mol. The van der Waals surface area contributed by atoms with Crippen LogP contribution in [0.2, 0.25) is 5.02 Å².